The Kier molecular flexibility index (Phi) is 10.2. The molecule has 0 amide bonds. The molecule has 1 aromatic rings. The van der Waals surface area contributed by atoms with Gasteiger partial charge in [0.1, 0.15) is 0 Å². The van der Waals surface area contributed by atoms with Crippen molar-refractivity contribution in [3.8, 4) is 0 Å². The van der Waals surface area contributed by atoms with Crippen LogP contribution in [0.25, 0.3) is 0 Å². The first-order chi connectivity index (χ1) is 10.3. The zero-order valence-electron chi connectivity index (χ0n) is 13.6. The highest BCUT2D eigenvalue weighted by Gasteiger charge is 2.29. The molecule has 1 rings (SSSR count). The number of guanidine groups is 1. The second-order valence-corrected chi connectivity index (χ2v) is 5.20. The van der Waals surface area contributed by atoms with Crippen molar-refractivity contribution in [2.75, 3.05) is 34.2 Å². The van der Waals surface area contributed by atoms with Crippen LogP contribution in [0.5, 0.6) is 0 Å². The van der Waals surface area contributed by atoms with E-state index in [1.165, 1.54) is 12.1 Å². The molecular formula is C15H24F3IN4. The first kappa shape index (κ1) is 22.0. The predicted octanol–water partition coefficient (Wildman–Crippen LogP) is 2.94. The maximum Gasteiger partial charge on any atom is 0.416 e. The monoisotopic (exact) mass is 444 g/mol. The average molecular weight is 444 g/mol. The lowest BCUT2D eigenvalue weighted by Gasteiger charge is -2.14. The number of hydrogen-bond donors (Lipinski definition) is 2. The van der Waals surface area contributed by atoms with Crippen LogP contribution in [-0.2, 0) is 12.7 Å². The lowest BCUT2D eigenvalue weighted by Crippen LogP contribution is -2.38. The van der Waals surface area contributed by atoms with Gasteiger partial charge < -0.3 is 15.5 Å². The summed E-state index contributed by atoms with van der Waals surface area (Å²) in [5, 5.41) is 6.24. The largest absolute Gasteiger partial charge is 0.416 e. The molecule has 0 bridgehead atoms. The number of nitrogens with one attached hydrogen (secondary N) is 2. The summed E-state index contributed by atoms with van der Waals surface area (Å²) in [5.41, 5.74) is 0.131. The van der Waals surface area contributed by atoms with Crippen LogP contribution in [0.1, 0.15) is 17.5 Å². The van der Waals surface area contributed by atoms with Crippen molar-refractivity contribution in [1.82, 2.24) is 15.5 Å². The molecule has 0 aliphatic rings. The Hall–Kier alpha value is -1.03. The van der Waals surface area contributed by atoms with Crippen molar-refractivity contribution in [3.05, 3.63) is 35.4 Å². The molecule has 0 spiro atoms. The maximum atomic E-state index is 12.5. The molecule has 8 heteroatoms. The van der Waals surface area contributed by atoms with Crippen LogP contribution in [0.4, 0.5) is 13.2 Å². The summed E-state index contributed by atoms with van der Waals surface area (Å²) < 4.78 is 37.4. The van der Waals surface area contributed by atoms with E-state index in [0.29, 0.717) is 12.5 Å². The minimum atomic E-state index is -4.30. The standard InChI is InChI=1S/C15H23F3N4.HI/c1-19-14(20-9-4-10-22(2)3)21-11-12-5-7-13(8-6-12)15(16,17)18;/h5-8H,4,9-11H2,1-3H3,(H2,19,20,21);1H. The first-order valence-corrected chi connectivity index (χ1v) is 7.08. The Morgan fingerprint density at radius 2 is 1.74 bits per heavy atom. The van der Waals surface area contributed by atoms with Crippen LogP contribution in [0.2, 0.25) is 0 Å². The van der Waals surface area contributed by atoms with Crippen molar-refractivity contribution < 1.29 is 13.2 Å². The summed E-state index contributed by atoms with van der Waals surface area (Å²) in [6, 6.07) is 5.11. The summed E-state index contributed by atoms with van der Waals surface area (Å²) in [6.45, 7) is 2.18. The smallest absolute Gasteiger partial charge is 0.356 e. The minimum absolute atomic E-state index is 0. The van der Waals surface area contributed by atoms with Gasteiger partial charge in [-0.25, -0.2) is 0 Å². The third-order valence-electron chi connectivity index (χ3n) is 3.04. The Bertz CT molecular complexity index is 473. The fourth-order valence-corrected chi connectivity index (χ4v) is 1.82. The highest BCUT2D eigenvalue weighted by atomic mass is 127. The van der Waals surface area contributed by atoms with Crippen molar-refractivity contribution in [2.24, 2.45) is 4.99 Å². The fourth-order valence-electron chi connectivity index (χ4n) is 1.82. The first-order valence-electron chi connectivity index (χ1n) is 7.08. The molecule has 0 fully saturated rings. The van der Waals surface area contributed by atoms with E-state index in [9.17, 15) is 13.2 Å². The van der Waals surface area contributed by atoms with E-state index in [4.69, 9.17) is 0 Å². The average Bonchev–Trinajstić information content (AvgIpc) is 2.46. The molecule has 132 valence electrons. The predicted molar refractivity (Wildman–Crippen MR) is 98.2 cm³/mol. The van der Waals surface area contributed by atoms with Crippen molar-refractivity contribution >= 4 is 29.9 Å². The quantitative estimate of drug-likeness (QED) is 0.307. The maximum absolute atomic E-state index is 12.5. The molecule has 0 radical (unpaired) electrons. The second-order valence-electron chi connectivity index (χ2n) is 5.20. The normalized spacial score (nSPS) is 12.0. The third kappa shape index (κ3) is 8.99. The van der Waals surface area contributed by atoms with Crippen LogP contribution < -0.4 is 10.6 Å². The van der Waals surface area contributed by atoms with Crippen molar-refractivity contribution in [1.29, 1.82) is 0 Å². The lowest BCUT2D eigenvalue weighted by atomic mass is 10.1. The van der Waals surface area contributed by atoms with Gasteiger partial charge in [-0.2, -0.15) is 13.2 Å². The van der Waals surface area contributed by atoms with Gasteiger partial charge in [0.2, 0.25) is 0 Å². The number of rotatable bonds is 6. The van der Waals surface area contributed by atoms with Gasteiger partial charge in [-0.3, -0.25) is 4.99 Å². The molecule has 0 aliphatic carbocycles. The molecule has 4 nitrogen and oxygen atoms in total. The van der Waals surface area contributed by atoms with Gasteiger partial charge in [-0.05, 0) is 44.8 Å². The zero-order valence-corrected chi connectivity index (χ0v) is 15.9. The molecule has 23 heavy (non-hydrogen) atoms. The Morgan fingerprint density at radius 1 is 1.13 bits per heavy atom. The highest BCUT2D eigenvalue weighted by molar-refractivity contribution is 14.0. The summed E-state index contributed by atoms with van der Waals surface area (Å²) in [5.74, 6) is 0.638. The van der Waals surface area contributed by atoms with E-state index in [0.717, 1.165) is 37.2 Å². The highest BCUT2D eigenvalue weighted by Crippen LogP contribution is 2.28. The van der Waals surface area contributed by atoms with Crippen LogP contribution in [-0.4, -0.2) is 45.1 Å². The van der Waals surface area contributed by atoms with Crippen LogP contribution in [0, 0.1) is 0 Å². The van der Waals surface area contributed by atoms with Gasteiger partial charge >= 0.3 is 6.18 Å². The van der Waals surface area contributed by atoms with Crippen molar-refractivity contribution in [3.63, 3.8) is 0 Å². The number of nitrogens with zero attached hydrogens (tertiary/aromatic N) is 2. The van der Waals surface area contributed by atoms with E-state index in [2.05, 4.69) is 20.5 Å². The molecule has 1 aromatic carbocycles. The van der Waals surface area contributed by atoms with Crippen LogP contribution in [0.3, 0.4) is 0 Å². The van der Waals surface area contributed by atoms with Crippen LogP contribution in [0.15, 0.2) is 29.3 Å². The third-order valence-corrected chi connectivity index (χ3v) is 3.04. The van der Waals surface area contributed by atoms with E-state index < -0.39 is 11.7 Å². The molecule has 0 unspecified atom stereocenters. The molecule has 2 N–H and O–H groups in total. The fraction of sp³-hybridized carbons (Fsp3) is 0.533. The topological polar surface area (TPSA) is 39.7 Å². The van der Waals surface area contributed by atoms with E-state index in [1.54, 1.807) is 7.05 Å². The lowest BCUT2D eigenvalue weighted by molar-refractivity contribution is -0.137. The van der Waals surface area contributed by atoms with Gasteiger partial charge in [-0.1, -0.05) is 12.1 Å². The van der Waals surface area contributed by atoms with Gasteiger partial charge in [-0.15, -0.1) is 24.0 Å². The number of benzene rings is 1. The molecule has 0 saturated heterocycles. The molecule has 0 aliphatic heterocycles. The minimum Gasteiger partial charge on any atom is -0.356 e. The number of alkyl halides is 3. The summed E-state index contributed by atoms with van der Waals surface area (Å²) in [6.07, 6.45) is -3.32. The second kappa shape index (κ2) is 10.7. The summed E-state index contributed by atoms with van der Waals surface area (Å²) in [4.78, 5) is 6.17. The van der Waals surface area contributed by atoms with E-state index in [1.807, 2.05) is 14.1 Å². The summed E-state index contributed by atoms with van der Waals surface area (Å²) in [7, 11) is 5.68. The number of hydrogen-bond acceptors (Lipinski definition) is 2. The molecule has 0 aromatic heterocycles. The SMILES string of the molecule is CN=C(NCCCN(C)C)NCc1ccc(C(F)(F)F)cc1.I. The Morgan fingerprint density at radius 3 is 2.22 bits per heavy atom. The summed E-state index contributed by atoms with van der Waals surface area (Å²) >= 11 is 0. The van der Waals surface area contributed by atoms with Gasteiger partial charge in [0.05, 0.1) is 5.56 Å². The van der Waals surface area contributed by atoms with E-state index >= 15 is 0 Å². The number of halogens is 4. The van der Waals surface area contributed by atoms with Crippen LogP contribution >= 0.6 is 24.0 Å². The van der Waals surface area contributed by atoms with E-state index in [-0.39, 0.29) is 24.0 Å². The Labute approximate surface area is 152 Å². The Balaban J connectivity index is 0.00000484. The molecule has 0 saturated carbocycles. The van der Waals surface area contributed by atoms with Gasteiger partial charge in [0.25, 0.3) is 0 Å². The number of aliphatic imine (C=N–C) groups is 1. The molecule has 0 atom stereocenters. The molecule has 0 heterocycles. The van der Waals surface area contributed by atoms with Gasteiger partial charge in [0.15, 0.2) is 5.96 Å². The molecular weight excluding hydrogens is 420 g/mol. The van der Waals surface area contributed by atoms with Gasteiger partial charge in [0, 0.05) is 20.1 Å². The van der Waals surface area contributed by atoms with Crippen molar-refractivity contribution in [2.45, 2.75) is 19.1 Å². The zero-order chi connectivity index (χ0) is 16.6.